The zero-order valence-electron chi connectivity index (χ0n) is 10.6. The molecule has 1 N–H and O–H groups in total. The van der Waals surface area contributed by atoms with Crippen LogP contribution >= 0.6 is 0 Å². The summed E-state index contributed by atoms with van der Waals surface area (Å²) in [4.78, 5) is 17.0. The van der Waals surface area contributed by atoms with Gasteiger partial charge in [-0.05, 0) is 25.6 Å². The fraction of sp³-hybridized carbons (Fsp3) is 0.462. The minimum Gasteiger partial charge on any atom is -0.477 e. The molecule has 0 amide bonds. The van der Waals surface area contributed by atoms with Crippen molar-refractivity contribution in [1.29, 1.82) is 5.26 Å². The van der Waals surface area contributed by atoms with E-state index in [2.05, 4.69) is 16.0 Å². The summed E-state index contributed by atoms with van der Waals surface area (Å²) in [7, 11) is 0. The van der Waals surface area contributed by atoms with E-state index < -0.39 is 5.97 Å². The van der Waals surface area contributed by atoms with Crippen LogP contribution in [0, 0.1) is 17.2 Å². The molecule has 5 heteroatoms. The number of nitriles is 1. The van der Waals surface area contributed by atoms with Crippen molar-refractivity contribution in [2.45, 2.75) is 20.4 Å². The molecule has 0 spiro atoms. The van der Waals surface area contributed by atoms with E-state index in [9.17, 15) is 4.79 Å². The average molecular weight is 247 g/mol. The zero-order chi connectivity index (χ0) is 13.5. The first-order chi connectivity index (χ1) is 8.56. The maximum Gasteiger partial charge on any atom is 0.354 e. The Morgan fingerprint density at radius 2 is 2.33 bits per heavy atom. The molecule has 0 bridgehead atoms. The molecule has 1 aromatic rings. The fourth-order valence-electron chi connectivity index (χ4n) is 1.65. The maximum atomic E-state index is 10.8. The van der Waals surface area contributed by atoms with Gasteiger partial charge in [-0.15, -0.1) is 0 Å². The van der Waals surface area contributed by atoms with Crippen LogP contribution in [0.15, 0.2) is 18.2 Å². The second kappa shape index (κ2) is 6.72. The Balaban J connectivity index is 2.73. The van der Waals surface area contributed by atoms with Crippen molar-refractivity contribution in [2.75, 3.05) is 13.1 Å². The second-order valence-electron chi connectivity index (χ2n) is 4.18. The average Bonchev–Trinajstić information content (AvgIpc) is 2.38. The van der Waals surface area contributed by atoms with E-state index in [0.717, 1.165) is 6.54 Å². The molecule has 0 radical (unpaired) electrons. The molecular formula is C13H17N3O2. The number of nitrogens with zero attached hydrogens (tertiary/aromatic N) is 3. The minimum absolute atomic E-state index is 0.0485. The van der Waals surface area contributed by atoms with E-state index in [1.807, 2.05) is 13.8 Å². The summed E-state index contributed by atoms with van der Waals surface area (Å²) in [6.07, 6.45) is 0. The molecule has 18 heavy (non-hydrogen) atoms. The SMILES string of the molecule is CCN(Cc1cccc(C(=O)O)n1)CC(C)C#N. The van der Waals surface area contributed by atoms with Crippen molar-refractivity contribution < 1.29 is 9.90 Å². The van der Waals surface area contributed by atoms with E-state index in [4.69, 9.17) is 10.4 Å². The van der Waals surface area contributed by atoms with Gasteiger partial charge in [-0.2, -0.15) is 5.26 Å². The van der Waals surface area contributed by atoms with Crippen LogP contribution in [0.3, 0.4) is 0 Å². The third-order valence-corrected chi connectivity index (χ3v) is 2.61. The molecule has 0 fully saturated rings. The Hall–Kier alpha value is -1.93. The molecule has 0 saturated carbocycles. The summed E-state index contributed by atoms with van der Waals surface area (Å²) >= 11 is 0. The maximum absolute atomic E-state index is 10.8. The van der Waals surface area contributed by atoms with Gasteiger partial charge in [0, 0.05) is 13.1 Å². The molecule has 1 rings (SSSR count). The molecular weight excluding hydrogens is 230 g/mol. The number of hydrogen-bond donors (Lipinski definition) is 1. The van der Waals surface area contributed by atoms with Crippen LogP contribution in [0.2, 0.25) is 0 Å². The van der Waals surface area contributed by atoms with Crippen molar-refractivity contribution in [3.63, 3.8) is 0 Å². The summed E-state index contributed by atoms with van der Waals surface area (Å²) < 4.78 is 0. The first-order valence-corrected chi connectivity index (χ1v) is 5.88. The normalized spacial score (nSPS) is 12.1. The minimum atomic E-state index is -1.02. The molecule has 1 atom stereocenters. The predicted molar refractivity (Wildman–Crippen MR) is 66.9 cm³/mol. The highest BCUT2D eigenvalue weighted by Gasteiger charge is 2.11. The Morgan fingerprint density at radius 3 is 2.89 bits per heavy atom. The largest absolute Gasteiger partial charge is 0.477 e. The van der Waals surface area contributed by atoms with Gasteiger partial charge in [0.2, 0.25) is 0 Å². The van der Waals surface area contributed by atoms with Gasteiger partial charge in [-0.3, -0.25) is 4.90 Å². The number of rotatable bonds is 6. The van der Waals surface area contributed by atoms with Crippen molar-refractivity contribution >= 4 is 5.97 Å². The lowest BCUT2D eigenvalue weighted by Gasteiger charge is -2.21. The monoisotopic (exact) mass is 247 g/mol. The molecule has 0 aliphatic carbocycles. The van der Waals surface area contributed by atoms with Crippen LogP contribution < -0.4 is 0 Å². The number of aromatic nitrogens is 1. The summed E-state index contributed by atoms with van der Waals surface area (Å²) in [6, 6.07) is 7.15. The molecule has 0 aliphatic heterocycles. The van der Waals surface area contributed by atoms with E-state index in [0.29, 0.717) is 18.8 Å². The summed E-state index contributed by atoms with van der Waals surface area (Å²) in [5.74, 6) is -1.07. The molecule has 0 aliphatic rings. The molecule has 5 nitrogen and oxygen atoms in total. The van der Waals surface area contributed by atoms with Crippen LogP contribution in [0.4, 0.5) is 0 Å². The first kappa shape index (κ1) is 14.1. The van der Waals surface area contributed by atoms with Gasteiger partial charge in [-0.1, -0.05) is 13.0 Å². The summed E-state index contributed by atoms with van der Waals surface area (Å²) in [5.41, 5.74) is 0.763. The Labute approximate surface area is 107 Å². The van der Waals surface area contributed by atoms with Gasteiger partial charge >= 0.3 is 5.97 Å². The van der Waals surface area contributed by atoms with Gasteiger partial charge in [0.25, 0.3) is 0 Å². The van der Waals surface area contributed by atoms with Crippen LogP contribution in [0.25, 0.3) is 0 Å². The molecule has 1 unspecified atom stereocenters. The Morgan fingerprint density at radius 1 is 1.61 bits per heavy atom. The number of carboxylic acid groups (broad SMARTS) is 1. The lowest BCUT2D eigenvalue weighted by Crippen LogP contribution is -2.28. The smallest absolute Gasteiger partial charge is 0.354 e. The highest BCUT2D eigenvalue weighted by Crippen LogP contribution is 2.06. The van der Waals surface area contributed by atoms with Crippen LogP contribution in [0.1, 0.15) is 30.0 Å². The number of hydrogen-bond acceptors (Lipinski definition) is 4. The van der Waals surface area contributed by atoms with Crippen LogP contribution in [-0.2, 0) is 6.54 Å². The molecule has 0 aromatic carbocycles. The molecule has 1 aromatic heterocycles. The highest BCUT2D eigenvalue weighted by molar-refractivity contribution is 5.85. The van der Waals surface area contributed by atoms with Gasteiger partial charge in [0.1, 0.15) is 5.69 Å². The van der Waals surface area contributed by atoms with E-state index in [1.54, 1.807) is 12.1 Å². The van der Waals surface area contributed by atoms with Gasteiger partial charge in [0.15, 0.2) is 0 Å². The predicted octanol–water partition coefficient (Wildman–Crippen LogP) is 1.76. The Bertz CT molecular complexity index is 454. The van der Waals surface area contributed by atoms with Crippen molar-refractivity contribution in [3.05, 3.63) is 29.6 Å². The quantitative estimate of drug-likeness (QED) is 0.828. The van der Waals surface area contributed by atoms with Crippen molar-refractivity contribution in [2.24, 2.45) is 5.92 Å². The molecule has 0 saturated heterocycles. The van der Waals surface area contributed by atoms with E-state index >= 15 is 0 Å². The number of carbonyl (C=O) groups is 1. The lowest BCUT2D eigenvalue weighted by atomic mass is 10.2. The van der Waals surface area contributed by atoms with Crippen LogP contribution in [-0.4, -0.2) is 34.0 Å². The third kappa shape index (κ3) is 4.15. The molecule has 96 valence electrons. The summed E-state index contributed by atoms with van der Waals surface area (Å²) in [6.45, 7) is 5.88. The number of aromatic carboxylic acids is 1. The second-order valence-corrected chi connectivity index (χ2v) is 4.18. The highest BCUT2D eigenvalue weighted by atomic mass is 16.4. The number of pyridine rings is 1. The van der Waals surface area contributed by atoms with Gasteiger partial charge < -0.3 is 5.11 Å². The number of carboxylic acids is 1. The Kier molecular flexibility index (Phi) is 5.28. The standard InChI is InChI=1S/C13H17N3O2/c1-3-16(8-10(2)7-14)9-11-5-4-6-12(15-11)13(17)18/h4-6,10H,3,8-9H2,1-2H3,(H,17,18). The first-order valence-electron chi connectivity index (χ1n) is 5.88. The van der Waals surface area contributed by atoms with Gasteiger partial charge in [-0.25, -0.2) is 9.78 Å². The molecule has 1 heterocycles. The topological polar surface area (TPSA) is 77.2 Å². The van der Waals surface area contributed by atoms with E-state index in [1.165, 1.54) is 6.07 Å². The summed E-state index contributed by atoms with van der Waals surface area (Å²) in [5, 5.41) is 17.7. The third-order valence-electron chi connectivity index (χ3n) is 2.61. The zero-order valence-corrected chi connectivity index (χ0v) is 10.6. The fourth-order valence-corrected chi connectivity index (χ4v) is 1.65. The van der Waals surface area contributed by atoms with Gasteiger partial charge in [0.05, 0.1) is 17.7 Å². The van der Waals surface area contributed by atoms with E-state index in [-0.39, 0.29) is 11.6 Å². The lowest BCUT2D eigenvalue weighted by molar-refractivity contribution is 0.0690. The van der Waals surface area contributed by atoms with Crippen molar-refractivity contribution in [1.82, 2.24) is 9.88 Å². The van der Waals surface area contributed by atoms with Crippen LogP contribution in [0.5, 0.6) is 0 Å². The van der Waals surface area contributed by atoms with Crippen molar-refractivity contribution in [3.8, 4) is 6.07 Å².